The fraction of sp³-hybridized carbons (Fsp3) is 0.176. The molecule has 0 aliphatic rings. The highest BCUT2D eigenvalue weighted by Gasteiger charge is 2.12. The predicted octanol–water partition coefficient (Wildman–Crippen LogP) is 2.29. The van der Waals surface area contributed by atoms with E-state index >= 15 is 0 Å². The topological polar surface area (TPSA) is 90.0 Å². The van der Waals surface area contributed by atoms with Gasteiger partial charge in [-0.3, -0.25) is 9.59 Å². The second-order valence-electron chi connectivity index (χ2n) is 5.54. The molecule has 0 radical (unpaired) electrons. The molecule has 25 heavy (non-hydrogen) atoms. The van der Waals surface area contributed by atoms with Crippen LogP contribution in [0.1, 0.15) is 11.5 Å². The van der Waals surface area contributed by atoms with Crippen LogP contribution >= 0.6 is 0 Å². The average Bonchev–Trinajstić information content (AvgIpc) is 2.99. The maximum Gasteiger partial charge on any atom is 0.251 e. The van der Waals surface area contributed by atoms with Crippen molar-refractivity contribution < 1.29 is 13.6 Å². The van der Waals surface area contributed by atoms with Crippen LogP contribution in [0.3, 0.4) is 0 Å². The van der Waals surface area contributed by atoms with Crippen LogP contribution in [-0.2, 0) is 11.3 Å². The molecule has 3 aromatic rings. The van der Waals surface area contributed by atoms with Gasteiger partial charge in [-0.1, -0.05) is 6.07 Å². The molecule has 1 aromatic carbocycles. The number of nitrogens with one attached hydrogen (secondary N) is 1. The van der Waals surface area contributed by atoms with Gasteiger partial charge in [-0.15, -0.1) is 10.2 Å². The minimum atomic E-state index is -0.540. The first-order valence-electron chi connectivity index (χ1n) is 7.49. The molecule has 1 N–H and O–H groups in total. The Kier molecular flexibility index (Phi) is 4.42. The van der Waals surface area contributed by atoms with Gasteiger partial charge < -0.3 is 14.3 Å². The molecular weight excluding hydrogens is 327 g/mol. The van der Waals surface area contributed by atoms with Gasteiger partial charge >= 0.3 is 0 Å². The summed E-state index contributed by atoms with van der Waals surface area (Å²) in [6, 6.07) is 7.23. The van der Waals surface area contributed by atoms with Gasteiger partial charge in [0.1, 0.15) is 12.4 Å². The lowest BCUT2D eigenvalue weighted by Gasteiger charge is -2.09. The highest BCUT2D eigenvalue weighted by molar-refractivity contribution is 5.90. The van der Waals surface area contributed by atoms with Gasteiger partial charge in [-0.25, -0.2) is 4.39 Å². The van der Waals surface area contributed by atoms with Gasteiger partial charge in [-0.2, -0.15) is 0 Å². The summed E-state index contributed by atoms with van der Waals surface area (Å²) in [4.78, 5) is 24.1. The van der Waals surface area contributed by atoms with Gasteiger partial charge in [0.15, 0.2) is 0 Å². The molecule has 128 valence electrons. The molecule has 0 fully saturated rings. The lowest BCUT2D eigenvalue weighted by atomic mass is 10.2. The molecule has 0 saturated carbocycles. The highest BCUT2D eigenvalue weighted by Crippen LogP contribution is 2.17. The van der Waals surface area contributed by atoms with E-state index in [0.29, 0.717) is 11.5 Å². The Morgan fingerprint density at radius 3 is 2.76 bits per heavy atom. The fourth-order valence-corrected chi connectivity index (χ4v) is 2.27. The molecule has 7 nitrogen and oxygen atoms in total. The first-order valence-corrected chi connectivity index (χ1v) is 7.49. The van der Waals surface area contributed by atoms with Crippen molar-refractivity contribution in [2.24, 2.45) is 0 Å². The SMILES string of the molecule is Cc1ccc(F)c(NC(=O)Cn2cc(-c3nnc(C)o3)ccc2=O)c1. The van der Waals surface area contributed by atoms with Gasteiger partial charge in [0.25, 0.3) is 5.56 Å². The molecule has 0 bridgehead atoms. The number of amides is 1. The van der Waals surface area contributed by atoms with E-state index in [1.54, 1.807) is 19.9 Å². The van der Waals surface area contributed by atoms with E-state index in [2.05, 4.69) is 15.5 Å². The standard InChI is InChI=1S/C17H15FN4O3/c1-10-3-5-13(18)14(7-10)19-15(23)9-22-8-12(4-6-16(22)24)17-21-20-11(2)25-17/h3-8H,9H2,1-2H3,(H,19,23). The van der Waals surface area contributed by atoms with E-state index in [-0.39, 0.29) is 23.7 Å². The Labute approximate surface area is 142 Å². The number of benzene rings is 1. The second kappa shape index (κ2) is 6.68. The van der Waals surface area contributed by atoms with Crippen LogP contribution in [0.5, 0.6) is 0 Å². The van der Waals surface area contributed by atoms with Crippen molar-refractivity contribution in [3.05, 3.63) is 64.2 Å². The maximum absolute atomic E-state index is 13.7. The van der Waals surface area contributed by atoms with Gasteiger partial charge in [-0.05, 0) is 30.7 Å². The third-order valence-electron chi connectivity index (χ3n) is 3.47. The fourth-order valence-electron chi connectivity index (χ4n) is 2.27. The number of carbonyl (C=O) groups is 1. The lowest BCUT2D eigenvalue weighted by Crippen LogP contribution is -2.27. The van der Waals surface area contributed by atoms with Crippen molar-refractivity contribution in [2.45, 2.75) is 20.4 Å². The van der Waals surface area contributed by atoms with Crippen molar-refractivity contribution in [1.29, 1.82) is 0 Å². The van der Waals surface area contributed by atoms with Gasteiger partial charge in [0.05, 0.1) is 11.3 Å². The van der Waals surface area contributed by atoms with Crippen LogP contribution in [0.25, 0.3) is 11.5 Å². The Morgan fingerprint density at radius 2 is 2.04 bits per heavy atom. The third kappa shape index (κ3) is 3.79. The lowest BCUT2D eigenvalue weighted by molar-refractivity contribution is -0.116. The summed E-state index contributed by atoms with van der Waals surface area (Å²) in [7, 11) is 0. The molecule has 2 heterocycles. The highest BCUT2D eigenvalue weighted by atomic mass is 19.1. The number of nitrogens with zero attached hydrogens (tertiary/aromatic N) is 3. The number of rotatable bonds is 4. The molecule has 1 amide bonds. The molecule has 3 rings (SSSR count). The first kappa shape index (κ1) is 16.6. The third-order valence-corrected chi connectivity index (χ3v) is 3.47. The summed E-state index contributed by atoms with van der Waals surface area (Å²) in [5.41, 5.74) is 1.01. The first-order chi connectivity index (χ1) is 11.9. The number of pyridine rings is 1. The zero-order valence-corrected chi connectivity index (χ0v) is 13.6. The minimum absolute atomic E-state index is 0.0710. The van der Waals surface area contributed by atoms with Crippen LogP contribution in [0.4, 0.5) is 10.1 Å². The van der Waals surface area contributed by atoms with E-state index in [0.717, 1.165) is 5.56 Å². The second-order valence-corrected chi connectivity index (χ2v) is 5.54. The molecule has 8 heteroatoms. The van der Waals surface area contributed by atoms with Gasteiger partial charge in [0, 0.05) is 19.2 Å². The Balaban J connectivity index is 1.81. The van der Waals surface area contributed by atoms with E-state index in [4.69, 9.17) is 4.42 Å². The molecule has 0 spiro atoms. The maximum atomic E-state index is 13.7. The molecule has 0 unspecified atom stereocenters. The zero-order valence-electron chi connectivity index (χ0n) is 13.6. The van der Waals surface area contributed by atoms with Crippen LogP contribution in [0.2, 0.25) is 0 Å². The summed E-state index contributed by atoms with van der Waals surface area (Å²) in [5.74, 6) is -0.427. The molecule has 2 aromatic heterocycles. The Hall–Kier alpha value is -3.29. The minimum Gasteiger partial charge on any atom is -0.421 e. The molecule has 0 saturated heterocycles. The van der Waals surface area contributed by atoms with Crippen LogP contribution in [-0.4, -0.2) is 20.7 Å². The monoisotopic (exact) mass is 342 g/mol. The van der Waals surface area contributed by atoms with E-state index < -0.39 is 11.7 Å². The van der Waals surface area contributed by atoms with Crippen LogP contribution < -0.4 is 10.9 Å². The molecular formula is C17H15FN4O3. The molecule has 0 atom stereocenters. The summed E-state index contributed by atoms with van der Waals surface area (Å²) >= 11 is 0. The van der Waals surface area contributed by atoms with Gasteiger partial charge in [0.2, 0.25) is 17.7 Å². The largest absolute Gasteiger partial charge is 0.421 e. The van der Waals surface area contributed by atoms with Crippen molar-refractivity contribution in [3.8, 4) is 11.5 Å². The predicted molar refractivity (Wildman–Crippen MR) is 88.5 cm³/mol. The summed E-state index contributed by atoms with van der Waals surface area (Å²) < 4.78 is 20.2. The number of aryl methyl sites for hydroxylation is 2. The average molecular weight is 342 g/mol. The van der Waals surface area contributed by atoms with E-state index in [1.165, 1.54) is 35.0 Å². The van der Waals surface area contributed by atoms with Crippen molar-refractivity contribution in [3.63, 3.8) is 0 Å². The van der Waals surface area contributed by atoms with E-state index in [9.17, 15) is 14.0 Å². The van der Waals surface area contributed by atoms with E-state index in [1.807, 2.05) is 0 Å². The smallest absolute Gasteiger partial charge is 0.251 e. The van der Waals surface area contributed by atoms with Crippen LogP contribution in [0, 0.1) is 19.7 Å². The molecule has 0 aliphatic carbocycles. The Bertz CT molecular complexity index is 994. The number of aromatic nitrogens is 3. The number of hydrogen-bond acceptors (Lipinski definition) is 5. The number of halogens is 1. The summed E-state index contributed by atoms with van der Waals surface area (Å²) in [5, 5.41) is 10.1. The quantitative estimate of drug-likeness (QED) is 0.786. The van der Waals surface area contributed by atoms with Crippen molar-refractivity contribution in [2.75, 3.05) is 5.32 Å². The number of hydrogen-bond donors (Lipinski definition) is 1. The Morgan fingerprint density at radius 1 is 1.24 bits per heavy atom. The number of carbonyl (C=O) groups excluding carboxylic acids is 1. The summed E-state index contributed by atoms with van der Waals surface area (Å²) in [6.07, 6.45) is 1.45. The zero-order chi connectivity index (χ0) is 18.0. The number of anilines is 1. The summed E-state index contributed by atoms with van der Waals surface area (Å²) in [6.45, 7) is 3.17. The molecule has 0 aliphatic heterocycles. The van der Waals surface area contributed by atoms with Crippen LogP contribution in [0.15, 0.2) is 45.7 Å². The van der Waals surface area contributed by atoms with Crippen molar-refractivity contribution in [1.82, 2.24) is 14.8 Å². The normalized spacial score (nSPS) is 10.7. The van der Waals surface area contributed by atoms with Crippen molar-refractivity contribution >= 4 is 11.6 Å².